The minimum absolute atomic E-state index is 0.0740. The van der Waals surface area contributed by atoms with E-state index in [9.17, 15) is 9.18 Å². The lowest BCUT2D eigenvalue weighted by Crippen LogP contribution is -2.47. The molecule has 3 aromatic rings. The molecule has 0 saturated carbocycles. The lowest BCUT2D eigenvalue weighted by Gasteiger charge is -2.27. The van der Waals surface area contributed by atoms with Crippen molar-refractivity contribution in [2.24, 2.45) is 5.92 Å². The van der Waals surface area contributed by atoms with Gasteiger partial charge in [-0.15, -0.1) is 11.3 Å². The van der Waals surface area contributed by atoms with Crippen molar-refractivity contribution in [1.82, 2.24) is 10.2 Å². The van der Waals surface area contributed by atoms with Gasteiger partial charge in [-0.2, -0.15) is 0 Å². The topological polar surface area (TPSA) is 54.0 Å². The number of likely N-dealkylation sites (tertiary alicyclic amines) is 1. The third-order valence-electron chi connectivity index (χ3n) is 7.56. The van der Waals surface area contributed by atoms with Gasteiger partial charge in [0.2, 0.25) is 5.91 Å². The highest BCUT2D eigenvalue weighted by molar-refractivity contribution is 7.22. The van der Waals surface area contributed by atoms with Crippen molar-refractivity contribution in [3.05, 3.63) is 52.1 Å². The Labute approximate surface area is 225 Å². The number of nitrogens with zero attached hydrogens (tertiary/aromatic N) is 2. The molecule has 196 valence electrons. The molecule has 3 aliphatic heterocycles. The number of thiophene rings is 1. The normalized spacial score (nSPS) is 20.5. The van der Waals surface area contributed by atoms with Crippen LogP contribution in [-0.4, -0.2) is 62.8 Å². The van der Waals surface area contributed by atoms with Gasteiger partial charge in [-0.25, -0.2) is 4.39 Å². The van der Waals surface area contributed by atoms with E-state index in [1.807, 2.05) is 12.1 Å². The van der Waals surface area contributed by atoms with Crippen molar-refractivity contribution >= 4 is 44.6 Å². The van der Waals surface area contributed by atoms with Gasteiger partial charge in [0.15, 0.2) is 17.3 Å². The predicted octanol–water partition coefficient (Wildman–Crippen LogP) is 5.11. The summed E-state index contributed by atoms with van der Waals surface area (Å²) in [5, 5.41) is 4.47. The van der Waals surface area contributed by atoms with Gasteiger partial charge in [-0.3, -0.25) is 4.79 Å². The van der Waals surface area contributed by atoms with E-state index in [4.69, 9.17) is 21.1 Å². The summed E-state index contributed by atoms with van der Waals surface area (Å²) in [7, 11) is 0. The van der Waals surface area contributed by atoms with Crippen LogP contribution in [0.2, 0.25) is 4.34 Å². The number of hydrogen-bond acceptors (Lipinski definition) is 6. The van der Waals surface area contributed by atoms with Gasteiger partial charge >= 0.3 is 0 Å². The Morgan fingerprint density at radius 3 is 2.84 bits per heavy atom. The molecule has 2 atom stereocenters. The molecule has 0 radical (unpaired) electrons. The summed E-state index contributed by atoms with van der Waals surface area (Å²) >= 11 is 7.76. The number of fused-ring (bicyclic) bond motifs is 2. The van der Waals surface area contributed by atoms with Gasteiger partial charge < -0.3 is 24.6 Å². The molecule has 0 aliphatic carbocycles. The van der Waals surface area contributed by atoms with Crippen LogP contribution in [0.25, 0.3) is 10.1 Å². The van der Waals surface area contributed by atoms with Crippen LogP contribution in [0.1, 0.15) is 24.8 Å². The Kier molecular flexibility index (Phi) is 7.14. The first-order chi connectivity index (χ1) is 18.0. The highest BCUT2D eigenvalue weighted by Gasteiger charge is 2.31. The van der Waals surface area contributed by atoms with E-state index >= 15 is 0 Å². The number of ether oxygens (including phenoxy) is 2. The van der Waals surface area contributed by atoms with Crippen molar-refractivity contribution in [2.45, 2.75) is 31.7 Å². The largest absolute Gasteiger partial charge is 0.486 e. The number of carbonyl (C=O) groups excluding carboxylic acids is 1. The lowest BCUT2D eigenvalue weighted by molar-refractivity contribution is -0.125. The van der Waals surface area contributed by atoms with E-state index in [2.05, 4.69) is 33.3 Å². The molecule has 9 heteroatoms. The molecule has 4 heterocycles. The van der Waals surface area contributed by atoms with Crippen molar-refractivity contribution in [3.8, 4) is 11.5 Å². The molecule has 2 fully saturated rings. The van der Waals surface area contributed by atoms with Crippen LogP contribution in [0.5, 0.6) is 11.5 Å². The Bertz CT molecular complexity index is 1300. The molecule has 1 unspecified atom stereocenters. The molecule has 6 nitrogen and oxygen atoms in total. The predicted molar refractivity (Wildman–Crippen MR) is 146 cm³/mol. The van der Waals surface area contributed by atoms with Crippen LogP contribution in [0.3, 0.4) is 0 Å². The zero-order valence-corrected chi connectivity index (χ0v) is 22.3. The molecule has 2 aromatic carbocycles. The molecule has 1 amide bonds. The summed E-state index contributed by atoms with van der Waals surface area (Å²) in [6.45, 7) is 5.12. The van der Waals surface area contributed by atoms with E-state index in [-0.39, 0.29) is 23.6 Å². The number of carbonyl (C=O) groups is 1. The maximum absolute atomic E-state index is 14.7. The minimum atomic E-state index is -0.408. The van der Waals surface area contributed by atoms with E-state index in [1.54, 1.807) is 11.3 Å². The lowest BCUT2D eigenvalue weighted by atomic mass is 10.0. The number of nitrogens with one attached hydrogen (secondary N) is 1. The van der Waals surface area contributed by atoms with Crippen LogP contribution in [-0.2, 0) is 11.2 Å². The maximum atomic E-state index is 14.7. The summed E-state index contributed by atoms with van der Waals surface area (Å²) < 4.78 is 27.7. The molecule has 6 rings (SSSR count). The first-order valence-corrected chi connectivity index (χ1v) is 14.3. The minimum Gasteiger partial charge on any atom is -0.486 e. The first-order valence-electron chi connectivity index (χ1n) is 13.1. The SMILES string of the molecule is O=C(NC(Cc1cc(F)c2c(c1)OCCO2)CN1CCCC1)[C@@H]1CCN(c2ccc3cc(Cl)sc3c2)C1. The van der Waals surface area contributed by atoms with Gasteiger partial charge in [0, 0.05) is 36.1 Å². The Morgan fingerprint density at radius 1 is 1.14 bits per heavy atom. The molecular weight excluding hydrogens is 513 g/mol. The van der Waals surface area contributed by atoms with E-state index < -0.39 is 5.82 Å². The fourth-order valence-electron chi connectivity index (χ4n) is 5.72. The van der Waals surface area contributed by atoms with Gasteiger partial charge in [0.1, 0.15) is 13.2 Å². The average molecular weight is 544 g/mol. The maximum Gasteiger partial charge on any atom is 0.225 e. The molecule has 3 aliphatic rings. The molecule has 0 bridgehead atoms. The molecule has 0 spiro atoms. The van der Waals surface area contributed by atoms with Crippen LogP contribution >= 0.6 is 22.9 Å². The van der Waals surface area contributed by atoms with Gasteiger partial charge in [-0.05, 0) is 80.1 Å². The summed E-state index contributed by atoms with van der Waals surface area (Å²) in [5.74, 6) is 0.214. The molecule has 2 saturated heterocycles. The quantitative estimate of drug-likeness (QED) is 0.448. The fraction of sp³-hybridized carbons (Fsp3) is 0.464. The van der Waals surface area contributed by atoms with E-state index in [0.29, 0.717) is 31.9 Å². The number of rotatable bonds is 7. The van der Waals surface area contributed by atoms with Crippen molar-refractivity contribution in [1.29, 1.82) is 0 Å². The summed E-state index contributed by atoms with van der Waals surface area (Å²) in [5.41, 5.74) is 1.93. The van der Waals surface area contributed by atoms with E-state index in [0.717, 1.165) is 58.3 Å². The molecule has 37 heavy (non-hydrogen) atoms. The highest BCUT2D eigenvalue weighted by atomic mass is 35.5. The molecular formula is C28H31ClFN3O3S. The molecule has 1 N–H and O–H groups in total. The summed E-state index contributed by atoms with van der Waals surface area (Å²) in [6, 6.07) is 11.6. The number of anilines is 1. The van der Waals surface area contributed by atoms with Crippen molar-refractivity contribution in [2.75, 3.05) is 50.8 Å². The van der Waals surface area contributed by atoms with Gasteiger partial charge in [0.25, 0.3) is 0 Å². The number of hydrogen-bond donors (Lipinski definition) is 1. The summed E-state index contributed by atoms with van der Waals surface area (Å²) in [4.78, 5) is 18.1. The van der Waals surface area contributed by atoms with Gasteiger partial charge in [-0.1, -0.05) is 17.7 Å². The Hall–Kier alpha value is -2.55. The van der Waals surface area contributed by atoms with Crippen LogP contribution in [0.15, 0.2) is 36.4 Å². The fourth-order valence-corrected chi connectivity index (χ4v) is 6.90. The second-order valence-corrected chi connectivity index (χ2v) is 11.9. The van der Waals surface area contributed by atoms with Crippen LogP contribution in [0, 0.1) is 11.7 Å². The smallest absolute Gasteiger partial charge is 0.225 e. The van der Waals surface area contributed by atoms with Crippen LogP contribution in [0.4, 0.5) is 10.1 Å². The third kappa shape index (κ3) is 5.52. The second-order valence-electron chi connectivity index (χ2n) is 10.2. The van der Waals surface area contributed by atoms with Crippen molar-refractivity contribution in [3.63, 3.8) is 0 Å². The number of amides is 1. The zero-order valence-electron chi connectivity index (χ0n) is 20.7. The summed E-state index contributed by atoms with van der Waals surface area (Å²) in [6.07, 6.45) is 3.71. The Balaban J connectivity index is 1.14. The number of benzene rings is 2. The highest BCUT2D eigenvalue weighted by Crippen LogP contribution is 2.35. The standard InChI is InChI=1S/C28H31ClFN3O3S/c29-26-14-19-3-4-22(15-25(19)37-26)33-8-5-20(16-33)28(34)31-21(17-32-6-1-2-7-32)11-18-12-23(30)27-24(13-18)35-9-10-36-27/h3-4,12-15,20-21H,1-2,5-11,16-17H2,(H,31,34)/t20-,21?/m1/s1. The van der Waals surface area contributed by atoms with Crippen LogP contribution < -0.4 is 19.7 Å². The first kappa shape index (κ1) is 24.8. The second kappa shape index (κ2) is 10.7. The Morgan fingerprint density at radius 2 is 1.97 bits per heavy atom. The number of halogens is 2. The molecule has 1 aromatic heterocycles. The van der Waals surface area contributed by atoms with Gasteiger partial charge in [0.05, 0.1) is 10.3 Å². The van der Waals surface area contributed by atoms with E-state index in [1.165, 1.54) is 18.9 Å². The third-order valence-corrected chi connectivity index (χ3v) is 8.79. The monoisotopic (exact) mass is 543 g/mol. The average Bonchev–Trinajstić information content (AvgIpc) is 3.64. The van der Waals surface area contributed by atoms with Crippen molar-refractivity contribution < 1.29 is 18.7 Å². The zero-order chi connectivity index (χ0) is 25.4.